The number of carbonyl (C=O) groups is 1. The van der Waals surface area contributed by atoms with Crippen LogP contribution in [0.2, 0.25) is 0 Å². The van der Waals surface area contributed by atoms with Crippen molar-refractivity contribution in [1.29, 1.82) is 0 Å². The van der Waals surface area contributed by atoms with Crippen molar-refractivity contribution in [1.82, 2.24) is 9.55 Å². The predicted molar refractivity (Wildman–Crippen MR) is 64.0 cm³/mol. The first-order valence-corrected chi connectivity index (χ1v) is 5.28. The molecule has 0 atom stereocenters. The molecule has 0 spiro atoms. The highest BCUT2D eigenvalue weighted by Gasteiger charge is 2.30. The molecule has 1 aromatic carbocycles. The third kappa shape index (κ3) is 2.68. The van der Waals surface area contributed by atoms with Crippen molar-refractivity contribution in [2.45, 2.75) is 6.18 Å². The average Bonchev–Trinajstić information content (AvgIpc) is 2.36. The fraction of sp³-hybridized carbons (Fsp3) is 0.0833. The van der Waals surface area contributed by atoms with Gasteiger partial charge in [-0.2, -0.15) is 13.2 Å². The average molecular weight is 284 g/mol. The number of aliphatic carboxylic acids is 1. The molecule has 104 valence electrons. The maximum Gasteiger partial charge on any atom is 0.416 e. The van der Waals surface area contributed by atoms with E-state index in [4.69, 9.17) is 5.11 Å². The number of fused-ring (bicyclic) bond motifs is 1. The number of nitrogens with zero attached hydrogens (tertiary/aromatic N) is 2. The lowest BCUT2D eigenvalue weighted by Gasteiger charge is -2.07. The second-order valence-electron chi connectivity index (χ2n) is 3.84. The van der Waals surface area contributed by atoms with Gasteiger partial charge in [-0.05, 0) is 18.2 Å². The van der Waals surface area contributed by atoms with Gasteiger partial charge < -0.3 is 5.11 Å². The van der Waals surface area contributed by atoms with Crippen molar-refractivity contribution in [3.8, 4) is 0 Å². The number of halogens is 3. The van der Waals surface area contributed by atoms with Crippen LogP contribution in [-0.4, -0.2) is 20.6 Å². The van der Waals surface area contributed by atoms with Gasteiger partial charge in [0.05, 0.1) is 16.5 Å². The minimum Gasteiger partial charge on any atom is -0.478 e. The Kier molecular flexibility index (Phi) is 3.31. The van der Waals surface area contributed by atoms with Crippen LogP contribution in [0.5, 0.6) is 0 Å². The van der Waals surface area contributed by atoms with E-state index in [2.05, 4.69) is 4.98 Å². The van der Waals surface area contributed by atoms with Gasteiger partial charge in [-0.3, -0.25) is 9.36 Å². The summed E-state index contributed by atoms with van der Waals surface area (Å²) in [6, 6.07) is 2.60. The van der Waals surface area contributed by atoms with Crippen LogP contribution < -0.4 is 5.56 Å². The van der Waals surface area contributed by atoms with Crippen LogP contribution in [0.4, 0.5) is 13.2 Å². The Balaban J connectivity index is 2.64. The van der Waals surface area contributed by atoms with Crippen LogP contribution in [0.3, 0.4) is 0 Å². The van der Waals surface area contributed by atoms with Gasteiger partial charge in [-0.25, -0.2) is 9.78 Å². The first-order valence-electron chi connectivity index (χ1n) is 5.28. The Bertz CT molecular complexity index is 763. The van der Waals surface area contributed by atoms with Crippen molar-refractivity contribution in [2.75, 3.05) is 0 Å². The minimum absolute atomic E-state index is 0.1000. The number of benzene rings is 1. The van der Waals surface area contributed by atoms with Gasteiger partial charge in [-0.15, -0.1) is 0 Å². The highest BCUT2D eigenvalue weighted by molar-refractivity contribution is 5.83. The summed E-state index contributed by atoms with van der Waals surface area (Å²) < 4.78 is 38.5. The number of carboxylic acids is 1. The molecule has 8 heteroatoms. The standard InChI is InChI=1S/C12H7F3N2O3/c13-12(14,15)7-1-2-9-8(5-7)11(20)17(6-16-9)4-3-10(18)19/h1-6H,(H,18,19)/b4-3+. The summed E-state index contributed by atoms with van der Waals surface area (Å²) in [6.45, 7) is 0. The Morgan fingerprint density at radius 2 is 2.05 bits per heavy atom. The number of hydrogen-bond donors (Lipinski definition) is 1. The molecule has 0 aliphatic heterocycles. The zero-order valence-corrected chi connectivity index (χ0v) is 9.76. The van der Waals surface area contributed by atoms with E-state index in [1.54, 1.807) is 0 Å². The molecule has 1 aromatic heterocycles. The topological polar surface area (TPSA) is 72.2 Å². The van der Waals surface area contributed by atoms with Crippen molar-refractivity contribution in [3.63, 3.8) is 0 Å². The smallest absolute Gasteiger partial charge is 0.416 e. The van der Waals surface area contributed by atoms with E-state index in [-0.39, 0.29) is 10.9 Å². The fourth-order valence-corrected chi connectivity index (χ4v) is 1.56. The molecule has 0 amide bonds. The summed E-state index contributed by atoms with van der Waals surface area (Å²) >= 11 is 0. The Labute approximate surface area is 109 Å². The van der Waals surface area contributed by atoms with E-state index in [9.17, 15) is 22.8 Å². The molecular formula is C12H7F3N2O3. The second-order valence-corrected chi connectivity index (χ2v) is 3.84. The molecule has 5 nitrogen and oxygen atoms in total. The van der Waals surface area contributed by atoms with Crippen LogP contribution in [0.15, 0.2) is 35.4 Å². The number of aromatic nitrogens is 2. The molecule has 0 saturated carbocycles. The summed E-state index contributed by atoms with van der Waals surface area (Å²) in [6.07, 6.45) is -1.94. The second kappa shape index (κ2) is 4.80. The SMILES string of the molecule is O=C(O)/C=C/n1cnc2ccc(C(F)(F)F)cc2c1=O. The first kappa shape index (κ1) is 13.8. The van der Waals surface area contributed by atoms with Crippen molar-refractivity contribution in [2.24, 2.45) is 0 Å². The maximum absolute atomic E-state index is 12.6. The lowest BCUT2D eigenvalue weighted by molar-refractivity contribution is -0.137. The zero-order valence-electron chi connectivity index (χ0n) is 9.76. The number of rotatable bonds is 2. The van der Waals surface area contributed by atoms with Gasteiger partial charge in [0.25, 0.3) is 5.56 Å². The van der Waals surface area contributed by atoms with E-state index in [1.807, 2.05) is 0 Å². The highest BCUT2D eigenvalue weighted by atomic mass is 19.4. The molecule has 1 heterocycles. The highest BCUT2D eigenvalue weighted by Crippen LogP contribution is 2.30. The van der Waals surface area contributed by atoms with Crippen molar-refractivity contribution < 1.29 is 23.1 Å². The van der Waals surface area contributed by atoms with Gasteiger partial charge in [0.1, 0.15) is 6.33 Å². The third-order valence-electron chi connectivity index (χ3n) is 2.49. The molecule has 2 rings (SSSR count). The van der Waals surface area contributed by atoms with E-state index in [0.717, 1.165) is 29.2 Å². The van der Waals surface area contributed by atoms with Crippen molar-refractivity contribution >= 4 is 23.1 Å². The molecule has 0 saturated heterocycles. The summed E-state index contributed by atoms with van der Waals surface area (Å²) in [5.74, 6) is -1.29. The lowest BCUT2D eigenvalue weighted by Crippen LogP contribution is -2.17. The molecule has 1 N–H and O–H groups in total. The van der Waals surface area contributed by atoms with E-state index >= 15 is 0 Å². The van der Waals surface area contributed by atoms with Crippen molar-refractivity contribution in [3.05, 3.63) is 46.5 Å². The van der Waals surface area contributed by atoms with E-state index in [0.29, 0.717) is 12.1 Å². The summed E-state index contributed by atoms with van der Waals surface area (Å²) in [5.41, 5.74) is -1.65. The minimum atomic E-state index is -4.57. The maximum atomic E-state index is 12.6. The zero-order chi connectivity index (χ0) is 14.9. The molecule has 20 heavy (non-hydrogen) atoms. The molecule has 0 bridgehead atoms. The number of alkyl halides is 3. The normalized spacial score (nSPS) is 12.2. The van der Waals surface area contributed by atoms with Crippen LogP contribution in [-0.2, 0) is 11.0 Å². The molecule has 0 aliphatic rings. The van der Waals surface area contributed by atoms with Crippen LogP contribution in [0.1, 0.15) is 5.56 Å². The summed E-state index contributed by atoms with van der Waals surface area (Å²) in [7, 11) is 0. The molecule has 0 aliphatic carbocycles. The molecule has 0 fully saturated rings. The molecule has 0 radical (unpaired) electrons. The molecule has 0 unspecified atom stereocenters. The Morgan fingerprint density at radius 1 is 1.35 bits per heavy atom. The summed E-state index contributed by atoms with van der Waals surface area (Å²) in [4.78, 5) is 26.1. The van der Waals surface area contributed by atoms with Gasteiger partial charge in [0.15, 0.2) is 0 Å². The molecule has 2 aromatic rings. The molecular weight excluding hydrogens is 277 g/mol. The predicted octanol–water partition coefficient (Wildman–Crippen LogP) is 1.97. The third-order valence-corrected chi connectivity index (χ3v) is 2.49. The van der Waals surface area contributed by atoms with Gasteiger partial charge in [0.2, 0.25) is 0 Å². The quantitative estimate of drug-likeness (QED) is 0.856. The van der Waals surface area contributed by atoms with Gasteiger partial charge in [-0.1, -0.05) is 0 Å². The Morgan fingerprint density at radius 3 is 2.65 bits per heavy atom. The van der Waals surface area contributed by atoms with Crippen LogP contribution in [0.25, 0.3) is 17.1 Å². The monoisotopic (exact) mass is 284 g/mol. The lowest BCUT2D eigenvalue weighted by atomic mass is 10.1. The Hall–Kier alpha value is -2.64. The number of hydrogen-bond acceptors (Lipinski definition) is 3. The number of carboxylic acid groups (broad SMARTS) is 1. The van der Waals surface area contributed by atoms with Crippen LogP contribution in [0, 0.1) is 0 Å². The van der Waals surface area contributed by atoms with Crippen LogP contribution >= 0.6 is 0 Å². The first-order chi connectivity index (χ1) is 9.29. The van der Waals surface area contributed by atoms with E-state index < -0.39 is 23.3 Å². The van der Waals surface area contributed by atoms with E-state index in [1.165, 1.54) is 0 Å². The fourth-order valence-electron chi connectivity index (χ4n) is 1.56. The largest absolute Gasteiger partial charge is 0.478 e. The van der Waals surface area contributed by atoms with Gasteiger partial charge in [0, 0.05) is 12.3 Å². The summed E-state index contributed by atoms with van der Waals surface area (Å²) in [5, 5.41) is 8.22. The van der Waals surface area contributed by atoms with Gasteiger partial charge >= 0.3 is 12.1 Å².